The smallest absolute Gasteiger partial charge is 0.330 e. The number of hydrogen-bond donors (Lipinski definition) is 1. The van der Waals surface area contributed by atoms with E-state index in [1.165, 1.54) is 6.07 Å². The molecule has 2 N–H and O–H groups in total. The number of aryl methyl sites for hydroxylation is 1. The molecule has 6 nitrogen and oxygen atoms in total. The molecule has 146 valence electrons. The van der Waals surface area contributed by atoms with Crippen LogP contribution in [0, 0.1) is 6.92 Å². The minimum absolute atomic E-state index is 0.0482. The number of carbonyl (C=O) groups is 1. The summed E-state index contributed by atoms with van der Waals surface area (Å²) in [5.41, 5.74) is 1.01. The number of hydrogen-bond acceptors (Lipinski definition) is 5. The third-order valence-corrected chi connectivity index (χ3v) is 6.31. The zero-order valence-electron chi connectivity index (χ0n) is 15.7. The second-order valence-electron chi connectivity index (χ2n) is 6.32. The summed E-state index contributed by atoms with van der Waals surface area (Å²) < 4.78 is 32.2. The van der Waals surface area contributed by atoms with Gasteiger partial charge >= 0.3 is 5.97 Å². The van der Waals surface area contributed by atoms with Gasteiger partial charge in [0.25, 0.3) is 10.0 Å². The Hall–Kier alpha value is -2.74. The van der Waals surface area contributed by atoms with Gasteiger partial charge in [-0.25, -0.2) is 13.2 Å². The first kappa shape index (κ1) is 20.0. The molecule has 0 saturated heterocycles. The molecule has 0 aromatic heterocycles. The predicted octanol–water partition coefficient (Wildman–Crippen LogP) is 3.32. The van der Waals surface area contributed by atoms with Crippen LogP contribution >= 0.6 is 0 Å². The van der Waals surface area contributed by atoms with Crippen LogP contribution in [0.25, 0.3) is 10.8 Å². The second kappa shape index (κ2) is 8.10. The van der Waals surface area contributed by atoms with Crippen LogP contribution in [0.15, 0.2) is 71.6 Å². The fraction of sp³-hybridized carbons (Fsp3) is 0.190. The molecule has 0 aliphatic heterocycles. The van der Waals surface area contributed by atoms with Crippen molar-refractivity contribution < 1.29 is 17.9 Å². The lowest BCUT2D eigenvalue weighted by Crippen LogP contribution is -2.44. The van der Waals surface area contributed by atoms with Crippen molar-refractivity contribution in [3.63, 3.8) is 0 Å². The van der Waals surface area contributed by atoms with Crippen LogP contribution in [0.4, 0.5) is 0 Å². The van der Waals surface area contributed by atoms with E-state index in [9.17, 15) is 13.2 Å². The summed E-state index contributed by atoms with van der Waals surface area (Å²) in [6.45, 7) is 3.45. The molecule has 0 radical (unpaired) electrons. The van der Waals surface area contributed by atoms with Gasteiger partial charge in [0, 0.05) is 0 Å². The molecular formula is C21H22N2O4S. The average Bonchev–Trinajstić information content (AvgIpc) is 2.68. The van der Waals surface area contributed by atoms with Crippen molar-refractivity contribution >= 4 is 26.8 Å². The number of nitrogens with zero attached hydrogens (tertiary/aromatic N) is 1. The molecule has 1 atom stereocenters. The zero-order chi connectivity index (χ0) is 20.3. The van der Waals surface area contributed by atoms with Crippen molar-refractivity contribution in [1.29, 1.82) is 0 Å². The number of fused-ring (bicyclic) bond motifs is 1. The van der Waals surface area contributed by atoms with Gasteiger partial charge in [-0.3, -0.25) is 5.84 Å². The average molecular weight is 398 g/mol. The first-order valence-corrected chi connectivity index (χ1v) is 10.3. The minimum Gasteiger partial charge on any atom is -0.464 e. The first-order valence-electron chi connectivity index (χ1n) is 8.87. The first-order chi connectivity index (χ1) is 13.4. The maximum absolute atomic E-state index is 13.2. The molecule has 0 heterocycles. The number of hydrazine groups is 1. The Morgan fingerprint density at radius 3 is 2.39 bits per heavy atom. The number of rotatable bonds is 6. The molecule has 0 aliphatic carbocycles. The van der Waals surface area contributed by atoms with E-state index < -0.39 is 22.0 Å². The third-order valence-electron chi connectivity index (χ3n) is 4.53. The summed E-state index contributed by atoms with van der Waals surface area (Å²) in [5, 5.41) is 1.61. The fourth-order valence-electron chi connectivity index (χ4n) is 3.18. The highest BCUT2D eigenvalue weighted by molar-refractivity contribution is 7.89. The van der Waals surface area contributed by atoms with Crippen LogP contribution in [0.3, 0.4) is 0 Å². The standard InChI is InChI=1S/C21H22N2O4S/c1-3-27-21(24)20(18-13-8-11-16-10-5-6-12-17(16)18)23(22)28(25,26)19-14-7-4-9-15(19)2/h4-14,20H,3,22H2,1-2H3. The molecule has 0 aliphatic rings. The van der Waals surface area contributed by atoms with Gasteiger partial charge in [0.2, 0.25) is 0 Å². The monoisotopic (exact) mass is 398 g/mol. The van der Waals surface area contributed by atoms with Gasteiger partial charge in [-0.15, -0.1) is 4.41 Å². The highest BCUT2D eigenvalue weighted by Gasteiger charge is 2.37. The van der Waals surface area contributed by atoms with Gasteiger partial charge in [-0.1, -0.05) is 60.7 Å². The highest BCUT2D eigenvalue weighted by Crippen LogP contribution is 2.32. The van der Waals surface area contributed by atoms with Gasteiger partial charge in [-0.05, 0) is 41.8 Å². The lowest BCUT2D eigenvalue weighted by atomic mass is 9.99. The van der Waals surface area contributed by atoms with Crippen molar-refractivity contribution in [3.8, 4) is 0 Å². The zero-order valence-corrected chi connectivity index (χ0v) is 16.5. The van der Waals surface area contributed by atoms with Crippen LogP contribution in [-0.4, -0.2) is 25.4 Å². The summed E-state index contributed by atoms with van der Waals surface area (Å²) in [6.07, 6.45) is 0. The molecule has 0 spiro atoms. The van der Waals surface area contributed by atoms with Gasteiger partial charge in [0.15, 0.2) is 6.04 Å². The maximum atomic E-state index is 13.2. The quantitative estimate of drug-likeness (QED) is 0.391. The Morgan fingerprint density at radius 2 is 1.68 bits per heavy atom. The Bertz CT molecular complexity index is 1110. The molecule has 7 heteroatoms. The van der Waals surface area contributed by atoms with Crippen molar-refractivity contribution in [3.05, 3.63) is 77.9 Å². The van der Waals surface area contributed by atoms with Crippen LogP contribution in [-0.2, 0) is 19.6 Å². The number of sulfonamides is 1. The summed E-state index contributed by atoms with van der Waals surface area (Å²) in [7, 11) is -4.14. The van der Waals surface area contributed by atoms with E-state index in [2.05, 4.69) is 0 Å². The third kappa shape index (κ3) is 3.64. The molecule has 3 aromatic rings. The van der Waals surface area contributed by atoms with E-state index in [1.54, 1.807) is 44.2 Å². The van der Waals surface area contributed by atoms with E-state index in [4.69, 9.17) is 10.6 Å². The number of carbonyl (C=O) groups excluding carboxylic acids is 1. The molecule has 0 fully saturated rings. The molecule has 0 bridgehead atoms. The summed E-state index contributed by atoms with van der Waals surface area (Å²) in [5.74, 6) is 5.37. The van der Waals surface area contributed by atoms with E-state index in [1.807, 2.05) is 30.3 Å². The van der Waals surface area contributed by atoms with Crippen molar-refractivity contribution in [1.82, 2.24) is 4.41 Å². The Balaban J connectivity index is 2.18. The molecule has 0 saturated carbocycles. The molecule has 3 rings (SSSR count). The van der Waals surface area contributed by atoms with E-state index in [-0.39, 0.29) is 11.5 Å². The van der Waals surface area contributed by atoms with Crippen LogP contribution in [0.5, 0.6) is 0 Å². The van der Waals surface area contributed by atoms with Crippen LogP contribution in [0.2, 0.25) is 0 Å². The number of esters is 1. The summed E-state index contributed by atoms with van der Waals surface area (Å²) in [6, 6.07) is 17.9. The summed E-state index contributed by atoms with van der Waals surface area (Å²) >= 11 is 0. The lowest BCUT2D eigenvalue weighted by molar-refractivity contribution is -0.148. The number of nitrogens with two attached hydrogens (primary N) is 1. The van der Waals surface area contributed by atoms with Gasteiger partial charge in [-0.2, -0.15) is 0 Å². The molecule has 0 amide bonds. The maximum Gasteiger partial charge on any atom is 0.330 e. The van der Waals surface area contributed by atoms with Crippen molar-refractivity contribution in [2.75, 3.05) is 6.61 Å². The molecular weight excluding hydrogens is 376 g/mol. The Morgan fingerprint density at radius 1 is 1.04 bits per heavy atom. The van der Waals surface area contributed by atoms with E-state index in [0.29, 0.717) is 15.5 Å². The second-order valence-corrected chi connectivity index (χ2v) is 8.14. The van der Waals surface area contributed by atoms with Crippen molar-refractivity contribution in [2.24, 2.45) is 5.84 Å². The normalized spacial score (nSPS) is 12.9. The van der Waals surface area contributed by atoms with Gasteiger partial charge in [0.1, 0.15) is 0 Å². The Kier molecular flexibility index (Phi) is 5.79. The summed E-state index contributed by atoms with van der Waals surface area (Å²) in [4.78, 5) is 12.8. The SMILES string of the molecule is CCOC(=O)C(c1cccc2ccccc12)N(N)S(=O)(=O)c1ccccc1C. The molecule has 1 unspecified atom stereocenters. The predicted molar refractivity (Wildman–Crippen MR) is 108 cm³/mol. The largest absolute Gasteiger partial charge is 0.464 e. The van der Waals surface area contributed by atoms with Crippen molar-refractivity contribution in [2.45, 2.75) is 24.8 Å². The Labute approximate surface area is 164 Å². The molecule has 3 aromatic carbocycles. The fourth-order valence-corrected chi connectivity index (χ4v) is 4.61. The van der Waals surface area contributed by atoms with Crippen LogP contribution < -0.4 is 5.84 Å². The topological polar surface area (TPSA) is 89.7 Å². The van der Waals surface area contributed by atoms with Gasteiger partial charge < -0.3 is 4.74 Å². The van der Waals surface area contributed by atoms with E-state index in [0.717, 1.165) is 10.8 Å². The van der Waals surface area contributed by atoms with Crippen LogP contribution in [0.1, 0.15) is 24.1 Å². The minimum atomic E-state index is -4.14. The molecule has 28 heavy (non-hydrogen) atoms. The van der Waals surface area contributed by atoms with Gasteiger partial charge in [0.05, 0.1) is 11.5 Å². The van der Waals surface area contributed by atoms with E-state index >= 15 is 0 Å². The lowest BCUT2D eigenvalue weighted by Gasteiger charge is -2.27. The number of benzene rings is 3. The number of ether oxygens (including phenoxy) is 1. The highest BCUT2D eigenvalue weighted by atomic mass is 32.2.